The number of ether oxygens (including phenoxy) is 1. The second kappa shape index (κ2) is 6.48. The Morgan fingerprint density at radius 1 is 1.11 bits per heavy atom. The van der Waals surface area contributed by atoms with Crippen molar-refractivity contribution in [2.24, 2.45) is 0 Å². The number of benzene rings is 1. The number of hydrogen-bond donors (Lipinski definition) is 1. The topological polar surface area (TPSA) is 64.1 Å². The Morgan fingerprint density at radius 3 is 2.70 bits per heavy atom. The van der Waals surface area contributed by atoms with Gasteiger partial charge in [0.2, 0.25) is 0 Å². The minimum atomic E-state index is -0.308. The molecule has 1 N–H and O–H groups in total. The molecule has 1 aliphatic heterocycles. The zero-order chi connectivity index (χ0) is 18.4. The van der Waals surface area contributed by atoms with Gasteiger partial charge in [-0.3, -0.25) is 9.36 Å². The van der Waals surface area contributed by atoms with Gasteiger partial charge in [0.25, 0.3) is 5.56 Å². The summed E-state index contributed by atoms with van der Waals surface area (Å²) in [5.41, 5.74) is 3.33. The van der Waals surface area contributed by atoms with E-state index in [0.29, 0.717) is 6.54 Å². The van der Waals surface area contributed by atoms with Crippen molar-refractivity contribution in [2.75, 3.05) is 6.61 Å². The van der Waals surface area contributed by atoms with Gasteiger partial charge in [-0.25, -0.2) is 4.79 Å². The summed E-state index contributed by atoms with van der Waals surface area (Å²) >= 11 is 0. The maximum Gasteiger partial charge on any atom is 0.328 e. The van der Waals surface area contributed by atoms with E-state index in [1.54, 1.807) is 0 Å². The summed E-state index contributed by atoms with van der Waals surface area (Å²) in [5, 5.41) is 0. The van der Waals surface area contributed by atoms with Crippen LogP contribution in [0.1, 0.15) is 56.1 Å². The van der Waals surface area contributed by atoms with Crippen molar-refractivity contribution in [3.05, 3.63) is 56.2 Å². The van der Waals surface area contributed by atoms with E-state index in [4.69, 9.17) is 4.74 Å². The summed E-state index contributed by atoms with van der Waals surface area (Å²) < 4.78 is 7.09. The van der Waals surface area contributed by atoms with Gasteiger partial charge in [-0.2, -0.15) is 0 Å². The number of rotatable bonds is 2. The largest absolute Gasteiger partial charge is 0.376 e. The van der Waals surface area contributed by atoms with Crippen LogP contribution >= 0.6 is 0 Å². The van der Waals surface area contributed by atoms with E-state index >= 15 is 0 Å². The Balaban J connectivity index is 1.72. The van der Waals surface area contributed by atoms with Crippen LogP contribution in [0.3, 0.4) is 0 Å². The zero-order valence-electron chi connectivity index (χ0n) is 15.6. The van der Waals surface area contributed by atoms with E-state index in [9.17, 15) is 9.59 Å². The molecule has 1 aromatic carbocycles. The van der Waals surface area contributed by atoms with Gasteiger partial charge < -0.3 is 9.72 Å². The lowest BCUT2D eigenvalue weighted by Crippen LogP contribution is -2.48. The van der Waals surface area contributed by atoms with Crippen LogP contribution < -0.4 is 11.2 Å². The van der Waals surface area contributed by atoms with Gasteiger partial charge in [0.1, 0.15) is 0 Å². The third-order valence-electron chi connectivity index (χ3n) is 6.75. The maximum absolute atomic E-state index is 13.6. The van der Waals surface area contributed by atoms with Crippen molar-refractivity contribution in [2.45, 2.75) is 69.4 Å². The van der Waals surface area contributed by atoms with E-state index in [0.717, 1.165) is 68.4 Å². The molecule has 1 saturated heterocycles. The van der Waals surface area contributed by atoms with Crippen LogP contribution in [-0.2, 0) is 23.1 Å². The van der Waals surface area contributed by atoms with E-state index < -0.39 is 0 Å². The van der Waals surface area contributed by atoms with Crippen LogP contribution in [0.5, 0.6) is 0 Å². The minimum absolute atomic E-state index is 0.0277. The highest BCUT2D eigenvalue weighted by molar-refractivity contribution is 5.71. The predicted octanol–water partition coefficient (Wildman–Crippen LogP) is 3.14. The molecule has 5 nitrogen and oxygen atoms in total. The Kier molecular flexibility index (Phi) is 4.08. The zero-order valence-corrected chi connectivity index (χ0v) is 15.6. The number of nitrogens with zero attached hydrogens (tertiary/aromatic N) is 1. The van der Waals surface area contributed by atoms with Gasteiger partial charge in [0.05, 0.1) is 18.3 Å². The normalized spacial score (nSPS) is 23.2. The third-order valence-corrected chi connectivity index (χ3v) is 6.75. The fourth-order valence-corrected chi connectivity index (χ4v) is 5.45. The first-order valence-electron chi connectivity index (χ1n) is 10.3. The second-order valence-electron chi connectivity index (χ2n) is 8.41. The lowest BCUT2D eigenvalue weighted by molar-refractivity contribution is 0.0947. The van der Waals surface area contributed by atoms with Crippen LogP contribution in [0.15, 0.2) is 33.9 Å². The van der Waals surface area contributed by atoms with E-state index in [1.165, 1.54) is 16.6 Å². The van der Waals surface area contributed by atoms with Crippen molar-refractivity contribution in [3.8, 4) is 11.3 Å². The Labute approximate surface area is 158 Å². The van der Waals surface area contributed by atoms with Gasteiger partial charge in [-0.15, -0.1) is 0 Å². The molecule has 2 aliphatic carbocycles. The number of aromatic nitrogens is 2. The minimum Gasteiger partial charge on any atom is -0.376 e. The van der Waals surface area contributed by atoms with Crippen LogP contribution in [0.4, 0.5) is 0 Å². The fourth-order valence-electron chi connectivity index (χ4n) is 5.45. The molecule has 0 bridgehead atoms. The molecule has 1 saturated carbocycles. The summed E-state index contributed by atoms with van der Waals surface area (Å²) in [7, 11) is 0. The van der Waals surface area contributed by atoms with Crippen LogP contribution in [0.25, 0.3) is 11.3 Å². The SMILES string of the molecule is O=c1[nH]c2c(c(=O)n1C[C@@H]1CCCO1)C1(CCCCC1)Cc1ccccc1-2. The standard InChI is InChI=1S/C22H26N2O3/c25-20-18-19(23-21(26)24(20)14-16-8-6-12-27-16)17-9-3-2-7-15(17)13-22(18)10-4-1-5-11-22/h2-3,7,9,16H,1,4-6,8,10-14H2,(H,23,26)/t16-/m0/s1. The third kappa shape index (κ3) is 2.71. The lowest BCUT2D eigenvalue weighted by atomic mass is 9.62. The molecule has 2 fully saturated rings. The number of hydrogen-bond acceptors (Lipinski definition) is 3. The average molecular weight is 366 g/mol. The first-order chi connectivity index (χ1) is 13.2. The highest BCUT2D eigenvalue weighted by atomic mass is 16.5. The molecule has 5 rings (SSSR count). The molecule has 5 heteroatoms. The molecule has 2 heterocycles. The molecule has 1 atom stereocenters. The molecule has 0 radical (unpaired) electrons. The highest BCUT2D eigenvalue weighted by Crippen LogP contribution is 2.48. The Hall–Kier alpha value is -2.14. The molecule has 3 aliphatic rings. The monoisotopic (exact) mass is 366 g/mol. The van der Waals surface area contributed by atoms with Gasteiger partial charge in [0.15, 0.2) is 0 Å². The van der Waals surface area contributed by atoms with E-state index in [1.807, 2.05) is 12.1 Å². The maximum atomic E-state index is 13.6. The average Bonchev–Trinajstić information content (AvgIpc) is 3.19. The summed E-state index contributed by atoms with van der Waals surface area (Å²) in [6.07, 6.45) is 8.35. The fraction of sp³-hybridized carbons (Fsp3) is 0.545. The summed E-state index contributed by atoms with van der Waals surface area (Å²) in [5.74, 6) is 0. The number of nitrogens with one attached hydrogen (secondary N) is 1. The van der Waals surface area contributed by atoms with Gasteiger partial charge in [0, 0.05) is 23.1 Å². The number of aromatic amines is 1. The van der Waals surface area contributed by atoms with Crippen molar-refractivity contribution in [1.29, 1.82) is 0 Å². The number of H-pyrrole nitrogens is 1. The molecular formula is C22H26N2O3. The first kappa shape index (κ1) is 17.0. The molecule has 0 unspecified atom stereocenters. The predicted molar refractivity (Wildman–Crippen MR) is 104 cm³/mol. The molecule has 142 valence electrons. The van der Waals surface area contributed by atoms with Crippen LogP contribution in [-0.4, -0.2) is 22.3 Å². The molecule has 2 aromatic rings. The summed E-state index contributed by atoms with van der Waals surface area (Å²) in [6.45, 7) is 1.08. The van der Waals surface area contributed by atoms with Crippen molar-refractivity contribution in [3.63, 3.8) is 0 Å². The highest BCUT2D eigenvalue weighted by Gasteiger charge is 2.43. The molecule has 27 heavy (non-hydrogen) atoms. The molecular weight excluding hydrogens is 340 g/mol. The molecule has 0 amide bonds. The first-order valence-corrected chi connectivity index (χ1v) is 10.3. The quantitative estimate of drug-likeness (QED) is 0.888. The van der Waals surface area contributed by atoms with Crippen LogP contribution in [0.2, 0.25) is 0 Å². The second-order valence-corrected chi connectivity index (χ2v) is 8.41. The summed E-state index contributed by atoms with van der Waals surface area (Å²) in [4.78, 5) is 29.5. The van der Waals surface area contributed by atoms with Crippen LogP contribution in [0, 0.1) is 0 Å². The molecule has 1 spiro atoms. The van der Waals surface area contributed by atoms with E-state index in [-0.39, 0.29) is 22.8 Å². The Morgan fingerprint density at radius 2 is 1.93 bits per heavy atom. The van der Waals surface area contributed by atoms with Gasteiger partial charge in [-0.05, 0) is 37.7 Å². The summed E-state index contributed by atoms with van der Waals surface area (Å²) in [6, 6.07) is 8.21. The lowest BCUT2D eigenvalue weighted by Gasteiger charge is -2.42. The van der Waals surface area contributed by atoms with Crippen molar-refractivity contribution < 1.29 is 4.74 Å². The molecule has 1 aromatic heterocycles. The van der Waals surface area contributed by atoms with Gasteiger partial charge in [-0.1, -0.05) is 43.5 Å². The number of fused-ring (bicyclic) bond motifs is 4. The van der Waals surface area contributed by atoms with E-state index in [2.05, 4.69) is 17.1 Å². The van der Waals surface area contributed by atoms with Gasteiger partial charge >= 0.3 is 5.69 Å². The van der Waals surface area contributed by atoms with Crippen molar-refractivity contribution >= 4 is 0 Å². The Bertz CT molecular complexity index is 976. The van der Waals surface area contributed by atoms with Crippen molar-refractivity contribution in [1.82, 2.24) is 9.55 Å². The smallest absolute Gasteiger partial charge is 0.328 e.